The van der Waals surface area contributed by atoms with Gasteiger partial charge in [0.15, 0.2) is 0 Å². The Morgan fingerprint density at radius 3 is 2.71 bits per heavy atom. The summed E-state index contributed by atoms with van der Waals surface area (Å²) in [6.07, 6.45) is 1.03. The third-order valence-corrected chi connectivity index (χ3v) is 4.82. The summed E-state index contributed by atoms with van der Waals surface area (Å²) in [5.74, 6) is 1.68. The van der Waals surface area contributed by atoms with E-state index in [1.165, 1.54) is 0 Å². The lowest BCUT2D eigenvalue weighted by atomic mass is 10.1. The molecule has 0 amide bonds. The Balaban J connectivity index is 1.44. The molecule has 1 atom stereocenters. The first-order chi connectivity index (χ1) is 11.8. The maximum Gasteiger partial charge on any atom is 0.231 e. The van der Waals surface area contributed by atoms with Crippen LogP contribution in [0.1, 0.15) is 23.8 Å². The number of nitrogens with zero attached hydrogens (tertiary/aromatic N) is 3. The summed E-state index contributed by atoms with van der Waals surface area (Å²) in [5.41, 5.74) is 2.15. The predicted octanol–water partition coefficient (Wildman–Crippen LogP) is 4.38. The molecule has 0 unspecified atom stereocenters. The first kappa shape index (κ1) is 15.4. The molecule has 24 heavy (non-hydrogen) atoms. The smallest absolute Gasteiger partial charge is 0.231 e. The van der Waals surface area contributed by atoms with E-state index in [-0.39, 0.29) is 5.92 Å². The van der Waals surface area contributed by atoms with Gasteiger partial charge in [-0.3, -0.25) is 4.90 Å². The molecular weight excluding hydrogens is 322 g/mol. The molecule has 0 spiro atoms. The minimum atomic E-state index is 0.289. The molecule has 2 heterocycles. The Labute approximate surface area is 146 Å². The van der Waals surface area contributed by atoms with Crippen molar-refractivity contribution in [3.8, 4) is 11.4 Å². The van der Waals surface area contributed by atoms with Crippen molar-refractivity contribution >= 4 is 11.6 Å². The topological polar surface area (TPSA) is 42.2 Å². The van der Waals surface area contributed by atoms with Crippen LogP contribution in [-0.2, 0) is 6.54 Å². The molecule has 0 N–H and O–H groups in total. The maximum absolute atomic E-state index is 6.26. The van der Waals surface area contributed by atoms with Crippen LogP contribution < -0.4 is 0 Å². The largest absolute Gasteiger partial charge is 0.339 e. The minimum absolute atomic E-state index is 0.289. The summed E-state index contributed by atoms with van der Waals surface area (Å²) >= 11 is 6.26. The average Bonchev–Trinajstić information content (AvgIpc) is 3.27. The third-order valence-electron chi connectivity index (χ3n) is 4.45. The van der Waals surface area contributed by atoms with Crippen LogP contribution >= 0.6 is 11.6 Å². The summed E-state index contributed by atoms with van der Waals surface area (Å²) in [5, 5.41) is 4.95. The monoisotopic (exact) mass is 339 g/mol. The number of halogens is 1. The van der Waals surface area contributed by atoms with E-state index < -0.39 is 0 Å². The van der Waals surface area contributed by atoms with Crippen molar-refractivity contribution in [1.29, 1.82) is 0 Å². The number of rotatable bonds is 4. The number of likely N-dealkylation sites (tertiary alicyclic amines) is 1. The second kappa shape index (κ2) is 6.75. The van der Waals surface area contributed by atoms with E-state index in [1.807, 2.05) is 48.5 Å². The van der Waals surface area contributed by atoms with E-state index in [4.69, 9.17) is 16.1 Å². The zero-order valence-corrected chi connectivity index (χ0v) is 14.0. The molecular formula is C19H18ClN3O. The van der Waals surface area contributed by atoms with Crippen molar-refractivity contribution < 1.29 is 4.52 Å². The SMILES string of the molecule is Clc1ccccc1CN1CC[C@H](c2nc(-c3ccccc3)no2)C1. The first-order valence-electron chi connectivity index (χ1n) is 8.14. The third kappa shape index (κ3) is 3.21. The van der Waals surface area contributed by atoms with E-state index in [0.717, 1.165) is 48.1 Å². The number of aromatic nitrogens is 2. The van der Waals surface area contributed by atoms with Crippen LogP contribution in [0.4, 0.5) is 0 Å². The fraction of sp³-hybridized carbons (Fsp3) is 0.263. The lowest BCUT2D eigenvalue weighted by molar-refractivity contribution is 0.309. The van der Waals surface area contributed by atoms with E-state index in [9.17, 15) is 0 Å². The van der Waals surface area contributed by atoms with Crippen LogP contribution in [0.25, 0.3) is 11.4 Å². The molecule has 3 aromatic rings. The maximum atomic E-state index is 6.26. The van der Waals surface area contributed by atoms with Crippen LogP contribution in [0.3, 0.4) is 0 Å². The normalized spacial score (nSPS) is 18.1. The molecule has 1 saturated heterocycles. The molecule has 0 saturated carbocycles. The highest BCUT2D eigenvalue weighted by Crippen LogP contribution is 2.29. The summed E-state index contributed by atoms with van der Waals surface area (Å²) in [4.78, 5) is 6.98. The Morgan fingerprint density at radius 1 is 1.08 bits per heavy atom. The molecule has 0 radical (unpaired) electrons. The number of hydrogen-bond acceptors (Lipinski definition) is 4. The van der Waals surface area contributed by atoms with Crippen LogP contribution in [0.15, 0.2) is 59.1 Å². The van der Waals surface area contributed by atoms with Crippen LogP contribution in [0.5, 0.6) is 0 Å². The second-order valence-corrected chi connectivity index (χ2v) is 6.54. The first-order valence-corrected chi connectivity index (χ1v) is 8.52. The molecule has 4 rings (SSSR count). The fourth-order valence-corrected chi connectivity index (χ4v) is 3.35. The van der Waals surface area contributed by atoms with Gasteiger partial charge in [0.05, 0.1) is 5.92 Å². The highest BCUT2D eigenvalue weighted by Gasteiger charge is 2.28. The predicted molar refractivity (Wildman–Crippen MR) is 93.8 cm³/mol. The van der Waals surface area contributed by atoms with Gasteiger partial charge in [-0.15, -0.1) is 0 Å². The second-order valence-electron chi connectivity index (χ2n) is 6.13. The van der Waals surface area contributed by atoms with Crippen LogP contribution in [-0.4, -0.2) is 28.1 Å². The van der Waals surface area contributed by atoms with Gasteiger partial charge in [0.2, 0.25) is 11.7 Å². The average molecular weight is 340 g/mol. The van der Waals surface area contributed by atoms with Crippen molar-refractivity contribution in [1.82, 2.24) is 15.0 Å². The van der Waals surface area contributed by atoms with E-state index in [0.29, 0.717) is 5.82 Å². The van der Waals surface area contributed by atoms with E-state index >= 15 is 0 Å². The highest BCUT2D eigenvalue weighted by molar-refractivity contribution is 6.31. The molecule has 0 aliphatic carbocycles. The zero-order valence-electron chi connectivity index (χ0n) is 13.2. The highest BCUT2D eigenvalue weighted by atomic mass is 35.5. The Kier molecular flexibility index (Phi) is 4.32. The van der Waals surface area contributed by atoms with Crippen LogP contribution in [0, 0.1) is 0 Å². The zero-order chi connectivity index (χ0) is 16.4. The molecule has 1 aliphatic heterocycles. The van der Waals surface area contributed by atoms with Gasteiger partial charge in [-0.25, -0.2) is 0 Å². The molecule has 1 aliphatic rings. The van der Waals surface area contributed by atoms with Crippen molar-refractivity contribution in [3.63, 3.8) is 0 Å². The summed E-state index contributed by atoms with van der Waals surface area (Å²) in [6, 6.07) is 17.9. The summed E-state index contributed by atoms with van der Waals surface area (Å²) in [7, 11) is 0. The molecule has 2 aromatic carbocycles. The lowest BCUT2D eigenvalue weighted by Crippen LogP contribution is -2.20. The molecule has 4 nitrogen and oxygen atoms in total. The molecule has 122 valence electrons. The quantitative estimate of drug-likeness (QED) is 0.707. The minimum Gasteiger partial charge on any atom is -0.339 e. The molecule has 1 aromatic heterocycles. The van der Waals surface area contributed by atoms with Gasteiger partial charge >= 0.3 is 0 Å². The van der Waals surface area contributed by atoms with Gasteiger partial charge in [-0.05, 0) is 24.6 Å². The Hall–Kier alpha value is -2.17. The lowest BCUT2D eigenvalue weighted by Gasteiger charge is -2.16. The van der Waals surface area contributed by atoms with Gasteiger partial charge < -0.3 is 4.52 Å². The van der Waals surface area contributed by atoms with E-state index in [2.05, 4.69) is 21.1 Å². The Morgan fingerprint density at radius 2 is 1.88 bits per heavy atom. The van der Waals surface area contributed by atoms with Crippen molar-refractivity contribution in [2.24, 2.45) is 0 Å². The number of benzene rings is 2. The Bertz CT molecular complexity index is 818. The van der Waals surface area contributed by atoms with Gasteiger partial charge in [0.25, 0.3) is 0 Å². The van der Waals surface area contributed by atoms with Gasteiger partial charge in [-0.1, -0.05) is 65.3 Å². The van der Waals surface area contributed by atoms with Gasteiger partial charge in [0.1, 0.15) is 0 Å². The standard InChI is InChI=1S/C19H18ClN3O/c20-17-9-5-4-8-15(17)12-23-11-10-16(13-23)19-21-18(22-24-19)14-6-2-1-3-7-14/h1-9,16H,10-13H2/t16-/m0/s1. The summed E-state index contributed by atoms with van der Waals surface area (Å²) in [6.45, 7) is 2.79. The molecule has 1 fully saturated rings. The van der Waals surface area contributed by atoms with Crippen molar-refractivity contribution in [3.05, 3.63) is 71.1 Å². The summed E-state index contributed by atoms with van der Waals surface area (Å²) < 4.78 is 5.51. The fourth-order valence-electron chi connectivity index (χ4n) is 3.15. The van der Waals surface area contributed by atoms with Crippen molar-refractivity contribution in [2.75, 3.05) is 13.1 Å². The van der Waals surface area contributed by atoms with Gasteiger partial charge in [-0.2, -0.15) is 4.98 Å². The van der Waals surface area contributed by atoms with Gasteiger partial charge in [0, 0.05) is 23.7 Å². The molecule has 0 bridgehead atoms. The number of hydrogen-bond donors (Lipinski definition) is 0. The van der Waals surface area contributed by atoms with Crippen LogP contribution in [0.2, 0.25) is 5.02 Å². The van der Waals surface area contributed by atoms with E-state index in [1.54, 1.807) is 0 Å². The van der Waals surface area contributed by atoms with Crippen molar-refractivity contribution in [2.45, 2.75) is 18.9 Å². The molecule has 5 heteroatoms.